The standard InChI is InChI=1S/C16H18ClO3PS/c1-11-5-7-15(13(3)9-11)18-21(22,20-17)19-16-8-6-12(2)10-14(16)4/h5-10H,1-4H3. The highest BCUT2D eigenvalue weighted by Gasteiger charge is 2.26. The zero-order valence-electron chi connectivity index (χ0n) is 12.9. The van der Waals surface area contributed by atoms with Crippen LogP contribution in [0.15, 0.2) is 36.4 Å². The Balaban J connectivity index is 2.26. The third kappa shape index (κ3) is 4.23. The van der Waals surface area contributed by atoms with E-state index in [0.29, 0.717) is 11.5 Å². The maximum Gasteiger partial charge on any atom is 0.451 e. The predicted octanol–water partition coefficient (Wildman–Crippen LogP) is 5.77. The Kier molecular flexibility index (Phi) is 5.51. The summed E-state index contributed by atoms with van der Waals surface area (Å²) in [6.07, 6.45) is 0. The van der Waals surface area contributed by atoms with Crippen LogP contribution in [0.5, 0.6) is 11.5 Å². The van der Waals surface area contributed by atoms with E-state index in [0.717, 1.165) is 22.3 Å². The van der Waals surface area contributed by atoms with Gasteiger partial charge in [-0.25, -0.2) is 0 Å². The van der Waals surface area contributed by atoms with Gasteiger partial charge in [0.1, 0.15) is 11.5 Å². The molecule has 0 aliphatic heterocycles. The van der Waals surface area contributed by atoms with E-state index in [1.54, 1.807) is 0 Å². The monoisotopic (exact) mass is 356 g/mol. The molecule has 0 N–H and O–H groups in total. The van der Waals surface area contributed by atoms with E-state index in [1.807, 2.05) is 64.1 Å². The van der Waals surface area contributed by atoms with Crippen LogP contribution in [0.25, 0.3) is 0 Å². The molecule has 0 atom stereocenters. The van der Waals surface area contributed by atoms with Crippen molar-refractivity contribution in [3.63, 3.8) is 0 Å². The largest absolute Gasteiger partial charge is 0.451 e. The summed E-state index contributed by atoms with van der Waals surface area (Å²) >= 11 is 10.9. The summed E-state index contributed by atoms with van der Waals surface area (Å²) in [5, 5.41) is 0. The Hall–Kier alpha value is -1.06. The van der Waals surface area contributed by atoms with Gasteiger partial charge in [-0.2, -0.15) is 4.08 Å². The van der Waals surface area contributed by atoms with Gasteiger partial charge in [0.2, 0.25) is 0 Å². The van der Waals surface area contributed by atoms with E-state index in [2.05, 4.69) is 0 Å². The summed E-state index contributed by atoms with van der Waals surface area (Å²) in [4.78, 5) is 0. The summed E-state index contributed by atoms with van der Waals surface area (Å²) in [5.74, 6) is 1.22. The van der Waals surface area contributed by atoms with E-state index in [9.17, 15) is 0 Å². The summed E-state index contributed by atoms with van der Waals surface area (Å²) in [5.41, 5.74) is 4.18. The van der Waals surface area contributed by atoms with Crippen LogP contribution < -0.4 is 9.05 Å². The van der Waals surface area contributed by atoms with Gasteiger partial charge in [-0.1, -0.05) is 35.4 Å². The van der Waals surface area contributed by atoms with Crippen molar-refractivity contribution >= 4 is 30.4 Å². The molecule has 0 fully saturated rings. The fourth-order valence-corrected chi connectivity index (χ4v) is 3.73. The lowest BCUT2D eigenvalue weighted by molar-refractivity contribution is 0.396. The minimum atomic E-state index is -3.13. The zero-order chi connectivity index (χ0) is 16.3. The number of benzene rings is 2. The highest BCUT2D eigenvalue weighted by Crippen LogP contribution is 2.52. The molecule has 3 nitrogen and oxygen atoms in total. The molecule has 0 radical (unpaired) electrons. The van der Waals surface area contributed by atoms with Crippen molar-refractivity contribution in [2.45, 2.75) is 27.7 Å². The fourth-order valence-electron chi connectivity index (χ4n) is 2.09. The molecule has 0 spiro atoms. The zero-order valence-corrected chi connectivity index (χ0v) is 15.4. The van der Waals surface area contributed by atoms with E-state index in [1.165, 1.54) is 0 Å². The summed E-state index contributed by atoms with van der Waals surface area (Å²) in [6, 6.07) is 11.6. The molecule has 0 saturated carbocycles. The first-order valence-corrected chi connectivity index (χ1v) is 9.63. The molecule has 0 heterocycles. The van der Waals surface area contributed by atoms with E-state index in [-0.39, 0.29) is 0 Å². The molecular formula is C16H18ClO3PS. The Morgan fingerprint density at radius 2 is 1.23 bits per heavy atom. The van der Waals surface area contributed by atoms with Gasteiger partial charge in [0, 0.05) is 11.8 Å². The van der Waals surface area contributed by atoms with Gasteiger partial charge in [-0.05, 0) is 51.0 Å². The topological polar surface area (TPSA) is 27.7 Å². The highest BCUT2D eigenvalue weighted by molar-refractivity contribution is 8.08. The van der Waals surface area contributed by atoms with Gasteiger partial charge in [0.25, 0.3) is 0 Å². The molecule has 0 aromatic heterocycles. The van der Waals surface area contributed by atoms with Crippen LogP contribution >= 0.6 is 18.6 Å². The molecule has 118 valence electrons. The first-order valence-electron chi connectivity index (χ1n) is 6.77. The molecule has 22 heavy (non-hydrogen) atoms. The molecule has 0 aliphatic rings. The SMILES string of the molecule is Cc1ccc(OP(=S)(OCl)Oc2ccc(C)cc2C)c(C)c1. The maximum atomic E-state index is 5.78. The van der Waals surface area contributed by atoms with Gasteiger partial charge in [-0.3, -0.25) is 0 Å². The van der Waals surface area contributed by atoms with Crippen LogP contribution in [-0.2, 0) is 15.9 Å². The molecule has 2 rings (SSSR count). The Morgan fingerprint density at radius 1 is 0.818 bits per heavy atom. The van der Waals surface area contributed by atoms with Crippen molar-refractivity contribution in [1.29, 1.82) is 0 Å². The third-order valence-corrected chi connectivity index (χ3v) is 5.64. The average molecular weight is 357 g/mol. The van der Waals surface area contributed by atoms with Crippen molar-refractivity contribution < 1.29 is 13.1 Å². The van der Waals surface area contributed by atoms with Crippen LogP contribution in [0, 0.1) is 27.7 Å². The predicted molar refractivity (Wildman–Crippen MR) is 94.3 cm³/mol. The van der Waals surface area contributed by atoms with E-state index < -0.39 is 6.72 Å². The van der Waals surface area contributed by atoms with Gasteiger partial charge in [0.05, 0.1) is 11.9 Å². The smallest absolute Gasteiger partial charge is 0.415 e. The van der Waals surface area contributed by atoms with Gasteiger partial charge < -0.3 is 9.05 Å². The van der Waals surface area contributed by atoms with E-state index in [4.69, 9.17) is 36.8 Å². The molecule has 6 heteroatoms. The molecule has 0 saturated heterocycles. The van der Waals surface area contributed by atoms with Gasteiger partial charge in [0.15, 0.2) is 0 Å². The number of hydrogen-bond donors (Lipinski definition) is 0. The van der Waals surface area contributed by atoms with Crippen molar-refractivity contribution in [3.8, 4) is 11.5 Å². The molecule has 0 aliphatic carbocycles. The first kappa shape index (κ1) is 17.3. The normalized spacial score (nSPS) is 11.3. The molecule has 0 unspecified atom stereocenters. The quantitative estimate of drug-likeness (QED) is 0.635. The second-order valence-corrected chi connectivity index (χ2v) is 8.39. The Bertz CT molecular complexity index is 676. The molecule has 2 aromatic rings. The minimum absolute atomic E-state index is 0.611. The maximum absolute atomic E-state index is 5.78. The number of rotatable bonds is 5. The van der Waals surface area contributed by atoms with Gasteiger partial charge >= 0.3 is 6.72 Å². The second-order valence-electron chi connectivity index (χ2n) is 5.24. The molecule has 2 aromatic carbocycles. The summed E-state index contributed by atoms with van der Waals surface area (Å²) in [6.45, 7) is 4.77. The van der Waals surface area contributed by atoms with E-state index >= 15 is 0 Å². The van der Waals surface area contributed by atoms with Crippen LogP contribution in [0.1, 0.15) is 22.3 Å². The van der Waals surface area contributed by atoms with Crippen LogP contribution in [0.3, 0.4) is 0 Å². The lowest BCUT2D eigenvalue weighted by Gasteiger charge is -2.21. The lowest BCUT2D eigenvalue weighted by atomic mass is 10.1. The molecule has 0 bridgehead atoms. The van der Waals surface area contributed by atoms with Gasteiger partial charge in [-0.15, -0.1) is 0 Å². The van der Waals surface area contributed by atoms with Crippen molar-refractivity contribution in [3.05, 3.63) is 58.7 Å². The fraction of sp³-hybridized carbons (Fsp3) is 0.250. The molecule has 0 amide bonds. The number of aryl methyl sites for hydroxylation is 4. The summed E-state index contributed by atoms with van der Waals surface area (Å²) < 4.78 is 16.4. The Morgan fingerprint density at radius 3 is 1.55 bits per heavy atom. The highest BCUT2D eigenvalue weighted by atomic mass is 35.5. The van der Waals surface area contributed by atoms with Crippen molar-refractivity contribution in [1.82, 2.24) is 0 Å². The lowest BCUT2D eigenvalue weighted by Crippen LogP contribution is -2.03. The minimum Gasteiger partial charge on any atom is -0.415 e. The summed E-state index contributed by atoms with van der Waals surface area (Å²) in [7, 11) is 0. The van der Waals surface area contributed by atoms with Crippen LogP contribution in [0.2, 0.25) is 0 Å². The number of hydrogen-bond acceptors (Lipinski definition) is 4. The average Bonchev–Trinajstić information content (AvgIpc) is 2.45. The third-order valence-electron chi connectivity index (χ3n) is 3.17. The van der Waals surface area contributed by atoms with Crippen LogP contribution in [0.4, 0.5) is 0 Å². The number of halogens is 1. The first-order chi connectivity index (χ1) is 10.3. The second kappa shape index (κ2) is 7.01. The van der Waals surface area contributed by atoms with Crippen LogP contribution in [-0.4, -0.2) is 0 Å². The Labute approximate surface area is 141 Å². The molecular weight excluding hydrogens is 339 g/mol. The van der Waals surface area contributed by atoms with Crippen molar-refractivity contribution in [2.24, 2.45) is 0 Å². The van der Waals surface area contributed by atoms with Crippen molar-refractivity contribution in [2.75, 3.05) is 0 Å².